The van der Waals surface area contributed by atoms with Crippen LogP contribution in [0.2, 0.25) is 0 Å². The molecule has 232 valence electrons. The van der Waals surface area contributed by atoms with E-state index in [4.69, 9.17) is 0 Å². The normalized spacial score (nSPS) is 18.7. The molecule has 0 radical (unpaired) electrons. The highest BCUT2D eigenvalue weighted by Crippen LogP contribution is 2.57. The summed E-state index contributed by atoms with van der Waals surface area (Å²) in [4.78, 5) is 22.3. The summed E-state index contributed by atoms with van der Waals surface area (Å²) in [6.45, 7) is 4.94. The van der Waals surface area contributed by atoms with E-state index >= 15 is 0 Å². The van der Waals surface area contributed by atoms with E-state index in [1.165, 1.54) is 22.3 Å². The Morgan fingerprint density at radius 1 is 0.511 bits per heavy atom. The molecule has 0 heterocycles. The third kappa shape index (κ3) is 5.67. The van der Waals surface area contributed by atoms with Gasteiger partial charge >= 0.3 is 0 Å². The molecule has 6 heteroatoms. The van der Waals surface area contributed by atoms with E-state index in [2.05, 4.69) is 48.5 Å². The van der Waals surface area contributed by atoms with Gasteiger partial charge in [0.25, 0.3) is 0 Å². The van der Waals surface area contributed by atoms with E-state index in [1.807, 2.05) is 24.3 Å². The standard InChI is InChI=1S/C39H42N2O4/c1-37(2,28-21-25-39(26-22-28,31-7-15-35(42)16-8-31)32-9-17-36(43)18-10-32)27-19-23-38(24-20-27,29-3-11-33(40-44)12-4-29)30-5-13-34(41-45)14-6-30/h3-18,27-28,42-43H,19-26H2,1-2H3. The third-order valence-electron chi connectivity index (χ3n) is 11.7. The fourth-order valence-electron chi connectivity index (χ4n) is 8.77. The molecule has 6 rings (SSSR count). The first-order valence-corrected chi connectivity index (χ1v) is 16.2. The van der Waals surface area contributed by atoms with Crippen LogP contribution in [-0.2, 0) is 10.8 Å². The summed E-state index contributed by atoms with van der Waals surface area (Å²) in [5.41, 5.74) is 5.46. The Bertz CT molecular complexity index is 1510. The Hall–Kier alpha value is -4.32. The highest BCUT2D eigenvalue weighted by atomic mass is 16.3. The summed E-state index contributed by atoms with van der Waals surface area (Å²) in [7, 11) is 0. The summed E-state index contributed by atoms with van der Waals surface area (Å²) in [6.07, 6.45) is 8.40. The van der Waals surface area contributed by atoms with Crippen LogP contribution in [0, 0.1) is 27.1 Å². The molecule has 4 aromatic carbocycles. The van der Waals surface area contributed by atoms with Crippen molar-refractivity contribution in [3.05, 3.63) is 129 Å². The number of nitroso groups, excluding NO2 is 2. The molecule has 0 atom stereocenters. The molecular formula is C39H42N2O4. The van der Waals surface area contributed by atoms with Gasteiger partial charge in [-0.15, -0.1) is 9.81 Å². The highest BCUT2D eigenvalue weighted by molar-refractivity contribution is 5.49. The van der Waals surface area contributed by atoms with E-state index in [-0.39, 0.29) is 27.7 Å². The zero-order chi connectivity index (χ0) is 31.7. The predicted molar refractivity (Wildman–Crippen MR) is 179 cm³/mol. The van der Waals surface area contributed by atoms with Gasteiger partial charge in [-0.2, -0.15) is 0 Å². The van der Waals surface area contributed by atoms with E-state index in [1.54, 1.807) is 48.5 Å². The molecule has 0 unspecified atom stereocenters. The number of rotatable bonds is 8. The molecule has 0 amide bonds. The van der Waals surface area contributed by atoms with Crippen molar-refractivity contribution in [3.63, 3.8) is 0 Å². The van der Waals surface area contributed by atoms with Crippen molar-refractivity contribution < 1.29 is 10.2 Å². The van der Waals surface area contributed by atoms with E-state index < -0.39 is 0 Å². The van der Waals surface area contributed by atoms with Crippen LogP contribution in [0.3, 0.4) is 0 Å². The van der Waals surface area contributed by atoms with Gasteiger partial charge in [0, 0.05) is 10.8 Å². The van der Waals surface area contributed by atoms with Crippen LogP contribution in [0.25, 0.3) is 0 Å². The average Bonchev–Trinajstić information content (AvgIpc) is 3.09. The molecule has 2 aliphatic carbocycles. The van der Waals surface area contributed by atoms with Gasteiger partial charge in [-0.3, -0.25) is 0 Å². The zero-order valence-electron chi connectivity index (χ0n) is 26.2. The van der Waals surface area contributed by atoms with Crippen LogP contribution in [-0.4, -0.2) is 10.2 Å². The molecule has 2 fully saturated rings. The average molecular weight is 603 g/mol. The SMILES string of the molecule is CC(C)(C1CCC(c2ccc(O)cc2)(c2ccc(O)cc2)CC1)C1CCC(c2ccc(N=O)cc2)(c2ccc(N=O)cc2)CC1. The Morgan fingerprint density at radius 2 is 0.778 bits per heavy atom. The number of phenols is 2. The van der Waals surface area contributed by atoms with Crippen LogP contribution in [0.4, 0.5) is 11.4 Å². The lowest BCUT2D eigenvalue weighted by atomic mass is 9.53. The van der Waals surface area contributed by atoms with Crippen molar-refractivity contribution in [2.24, 2.45) is 27.6 Å². The second kappa shape index (κ2) is 12.2. The van der Waals surface area contributed by atoms with Crippen LogP contribution < -0.4 is 0 Å². The van der Waals surface area contributed by atoms with Gasteiger partial charge < -0.3 is 10.2 Å². The fraction of sp³-hybridized carbons (Fsp3) is 0.385. The van der Waals surface area contributed by atoms with Gasteiger partial charge in [-0.25, -0.2) is 0 Å². The molecule has 2 saturated carbocycles. The maximum absolute atomic E-state index is 11.1. The van der Waals surface area contributed by atoms with E-state index in [9.17, 15) is 20.0 Å². The van der Waals surface area contributed by atoms with Crippen molar-refractivity contribution in [2.75, 3.05) is 0 Å². The molecule has 0 saturated heterocycles. The molecule has 0 aromatic heterocycles. The number of benzene rings is 4. The third-order valence-corrected chi connectivity index (χ3v) is 11.7. The second-order valence-electron chi connectivity index (χ2n) is 13.9. The molecule has 0 spiro atoms. The fourth-order valence-corrected chi connectivity index (χ4v) is 8.77. The van der Waals surface area contributed by atoms with Gasteiger partial charge in [-0.05, 0) is 150 Å². The van der Waals surface area contributed by atoms with Crippen molar-refractivity contribution in [1.29, 1.82) is 0 Å². The van der Waals surface area contributed by atoms with Gasteiger partial charge in [0.15, 0.2) is 0 Å². The molecule has 6 nitrogen and oxygen atoms in total. The highest BCUT2D eigenvalue weighted by Gasteiger charge is 2.48. The van der Waals surface area contributed by atoms with E-state index in [0.717, 1.165) is 51.4 Å². The molecule has 4 aromatic rings. The lowest BCUT2D eigenvalue weighted by Gasteiger charge is -2.51. The quantitative estimate of drug-likeness (QED) is 0.196. The van der Waals surface area contributed by atoms with Crippen LogP contribution in [0.15, 0.2) is 107 Å². The lowest BCUT2D eigenvalue weighted by Crippen LogP contribution is -2.43. The first-order valence-electron chi connectivity index (χ1n) is 16.2. The van der Waals surface area contributed by atoms with Crippen LogP contribution in [0.1, 0.15) is 87.5 Å². The predicted octanol–water partition coefficient (Wildman–Crippen LogP) is 10.6. The minimum absolute atomic E-state index is 0.152. The van der Waals surface area contributed by atoms with Gasteiger partial charge in [0.05, 0.1) is 0 Å². The summed E-state index contributed by atoms with van der Waals surface area (Å²) in [5, 5.41) is 26.2. The summed E-state index contributed by atoms with van der Waals surface area (Å²) < 4.78 is 0. The number of phenolic OH excluding ortho intramolecular Hbond substituents is 2. The largest absolute Gasteiger partial charge is 0.508 e. The van der Waals surface area contributed by atoms with Gasteiger partial charge in [-0.1, -0.05) is 62.4 Å². The number of hydrogen-bond acceptors (Lipinski definition) is 6. The topological polar surface area (TPSA) is 99.3 Å². The lowest BCUT2D eigenvalue weighted by molar-refractivity contribution is 0.0365. The Kier molecular flexibility index (Phi) is 8.34. The summed E-state index contributed by atoms with van der Waals surface area (Å²) in [6, 6.07) is 30.8. The Balaban J connectivity index is 1.23. The van der Waals surface area contributed by atoms with Crippen molar-refractivity contribution in [3.8, 4) is 11.5 Å². The minimum atomic E-state index is -0.200. The summed E-state index contributed by atoms with van der Waals surface area (Å²) >= 11 is 0. The zero-order valence-corrected chi connectivity index (χ0v) is 26.2. The van der Waals surface area contributed by atoms with E-state index in [0.29, 0.717) is 23.2 Å². The van der Waals surface area contributed by atoms with Gasteiger partial charge in [0.1, 0.15) is 22.9 Å². The number of aromatic hydroxyl groups is 2. The second-order valence-corrected chi connectivity index (χ2v) is 13.9. The minimum Gasteiger partial charge on any atom is -0.508 e. The smallest absolute Gasteiger partial charge is 0.115 e. The first-order chi connectivity index (χ1) is 21.7. The summed E-state index contributed by atoms with van der Waals surface area (Å²) in [5.74, 6) is 1.69. The van der Waals surface area contributed by atoms with Crippen LogP contribution >= 0.6 is 0 Å². The van der Waals surface area contributed by atoms with Crippen molar-refractivity contribution in [1.82, 2.24) is 0 Å². The maximum Gasteiger partial charge on any atom is 0.115 e. The first kappa shape index (κ1) is 30.7. The Morgan fingerprint density at radius 3 is 1.04 bits per heavy atom. The molecule has 45 heavy (non-hydrogen) atoms. The van der Waals surface area contributed by atoms with Crippen molar-refractivity contribution in [2.45, 2.75) is 76.0 Å². The Labute approximate surface area is 265 Å². The molecule has 0 bridgehead atoms. The van der Waals surface area contributed by atoms with Gasteiger partial charge in [0.2, 0.25) is 0 Å². The molecule has 2 N–H and O–H groups in total. The molecular weight excluding hydrogens is 560 g/mol. The molecule has 0 aliphatic heterocycles. The number of hydrogen-bond donors (Lipinski definition) is 2. The molecule has 2 aliphatic rings. The monoisotopic (exact) mass is 602 g/mol. The van der Waals surface area contributed by atoms with Crippen molar-refractivity contribution >= 4 is 11.4 Å². The maximum atomic E-state index is 11.1. The number of nitrogens with zero attached hydrogens (tertiary/aromatic N) is 2. The van der Waals surface area contributed by atoms with Crippen LogP contribution in [0.5, 0.6) is 11.5 Å².